The van der Waals surface area contributed by atoms with Crippen LogP contribution < -0.4 is 5.56 Å². The van der Waals surface area contributed by atoms with E-state index in [2.05, 4.69) is 9.97 Å². The Bertz CT molecular complexity index is 683. The molecule has 1 amide bonds. The second-order valence-electron chi connectivity index (χ2n) is 5.28. The molecule has 0 aliphatic carbocycles. The molecule has 1 aliphatic heterocycles. The van der Waals surface area contributed by atoms with Crippen molar-refractivity contribution < 1.29 is 9.53 Å². The number of carbonyl (C=O) groups is 1. The van der Waals surface area contributed by atoms with E-state index in [0.29, 0.717) is 32.7 Å². The normalized spacial score (nSPS) is 18.9. The molecular weight excluding hydrogens is 302 g/mol. The highest BCUT2D eigenvalue weighted by Crippen LogP contribution is 2.17. The zero-order valence-electron chi connectivity index (χ0n) is 12.0. The summed E-state index contributed by atoms with van der Waals surface area (Å²) < 4.78 is 5.60. The van der Waals surface area contributed by atoms with Crippen molar-refractivity contribution in [2.24, 2.45) is 5.92 Å². The molecule has 1 atom stereocenters. The van der Waals surface area contributed by atoms with E-state index in [4.69, 9.17) is 4.74 Å². The van der Waals surface area contributed by atoms with E-state index < -0.39 is 0 Å². The molecule has 0 saturated carbocycles. The number of aromatic nitrogens is 2. The van der Waals surface area contributed by atoms with E-state index in [0.717, 1.165) is 10.6 Å². The van der Waals surface area contributed by atoms with Crippen LogP contribution in [0.1, 0.15) is 15.4 Å². The lowest BCUT2D eigenvalue weighted by atomic mass is 10.0. The van der Waals surface area contributed by atoms with E-state index in [-0.39, 0.29) is 17.4 Å². The van der Waals surface area contributed by atoms with Gasteiger partial charge in [-0.2, -0.15) is 0 Å². The summed E-state index contributed by atoms with van der Waals surface area (Å²) >= 11 is 1.45. The molecular formula is C15H17N3O3S. The topological polar surface area (TPSA) is 75.3 Å². The average molecular weight is 319 g/mol. The molecule has 7 heteroatoms. The van der Waals surface area contributed by atoms with Crippen molar-refractivity contribution in [1.29, 1.82) is 0 Å². The smallest absolute Gasteiger partial charge is 0.264 e. The molecule has 0 bridgehead atoms. The van der Waals surface area contributed by atoms with Gasteiger partial charge in [-0.15, -0.1) is 11.3 Å². The van der Waals surface area contributed by atoms with Crippen molar-refractivity contribution in [1.82, 2.24) is 14.9 Å². The number of hydrogen-bond donors (Lipinski definition) is 1. The predicted molar refractivity (Wildman–Crippen MR) is 83.1 cm³/mol. The third kappa shape index (κ3) is 3.61. The van der Waals surface area contributed by atoms with Gasteiger partial charge >= 0.3 is 0 Å². The van der Waals surface area contributed by atoms with Gasteiger partial charge < -0.3 is 14.6 Å². The van der Waals surface area contributed by atoms with Gasteiger partial charge in [0.05, 0.1) is 24.4 Å². The summed E-state index contributed by atoms with van der Waals surface area (Å²) in [6.07, 6.45) is 2.03. The Labute approximate surface area is 131 Å². The summed E-state index contributed by atoms with van der Waals surface area (Å²) in [6, 6.07) is 5.21. The van der Waals surface area contributed by atoms with Crippen LogP contribution in [0.5, 0.6) is 0 Å². The molecule has 3 rings (SSSR count). The van der Waals surface area contributed by atoms with Gasteiger partial charge in [0.1, 0.15) is 0 Å². The summed E-state index contributed by atoms with van der Waals surface area (Å²) in [7, 11) is 0. The Balaban J connectivity index is 1.70. The third-order valence-corrected chi connectivity index (χ3v) is 4.45. The van der Waals surface area contributed by atoms with Crippen molar-refractivity contribution in [3.8, 4) is 0 Å². The van der Waals surface area contributed by atoms with Gasteiger partial charge in [0.15, 0.2) is 0 Å². The van der Waals surface area contributed by atoms with Crippen LogP contribution in [0.2, 0.25) is 0 Å². The van der Waals surface area contributed by atoms with Crippen molar-refractivity contribution in [3.05, 3.63) is 50.8 Å². The fourth-order valence-electron chi connectivity index (χ4n) is 2.56. The maximum Gasteiger partial charge on any atom is 0.264 e. The zero-order chi connectivity index (χ0) is 15.4. The number of ether oxygens (including phenoxy) is 1. The lowest BCUT2D eigenvalue weighted by Gasteiger charge is -2.22. The molecule has 116 valence electrons. The molecule has 1 unspecified atom stereocenters. The minimum Gasteiger partial charge on any atom is -0.379 e. The highest BCUT2D eigenvalue weighted by Gasteiger charge is 2.24. The molecule has 1 N–H and O–H groups in total. The molecule has 0 radical (unpaired) electrons. The largest absolute Gasteiger partial charge is 0.379 e. The minimum atomic E-state index is -0.161. The zero-order valence-corrected chi connectivity index (χ0v) is 12.8. The Hall–Kier alpha value is -1.99. The first-order valence-electron chi connectivity index (χ1n) is 7.16. The second kappa shape index (κ2) is 6.85. The average Bonchev–Trinajstić information content (AvgIpc) is 2.94. The highest BCUT2D eigenvalue weighted by atomic mass is 32.1. The van der Waals surface area contributed by atoms with Crippen LogP contribution in [-0.4, -0.2) is 47.1 Å². The molecule has 1 fully saturated rings. The van der Waals surface area contributed by atoms with E-state index in [1.54, 1.807) is 0 Å². The van der Waals surface area contributed by atoms with Crippen LogP contribution >= 0.6 is 11.3 Å². The lowest BCUT2D eigenvalue weighted by molar-refractivity contribution is 0.0742. The first-order chi connectivity index (χ1) is 10.7. The SMILES string of the molecule is O=C(c1cccs1)N1CCOCC(Cc2cc(=O)[nH]cn2)C1. The Morgan fingerprint density at radius 2 is 2.45 bits per heavy atom. The van der Waals surface area contributed by atoms with Gasteiger partial charge in [0, 0.05) is 30.8 Å². The van der Waals surface area contributed by atoms with Crippen LogP contribution in [0.4, 0.5) is 0 Å². The molecule has 22 heavy (non-hydrogen) atoms. The number of carbonyl (C=O) groups excluding carboxylic acids is 1. The number of nitrogens with one attached hydrogen (secondary N) is 1. The van der Waals surface area contributed by atoms with Crippen molar-refractivity contribution in [3.63, 3.8) is 0 Å². The fraction of sp³-hybridized carbons (Fsp3) is 0.400. The second-order valence-corrected chi connectivity index (χ2v) is 6.22. The summed E-state index contributed by atoms with van der Waals surface area (Å²) in [6.45, 7) is 2.32. The molecule has 2 aromatic heterocycles. The highest BCUT2D eigenvalue weighted by molar-refractivity contribution is 7.12. The lowest BCUT2D eigenvalue weighted by Crippen LogP contribution is -2.36. The number of amides is 1. The standard InChI is InChI=1S/C15H17N3O3S/c19-14-7-12(16-10-17-14)6-11-8-18(3-4-21-9-11)15(20)13-2-1-5-22-13/h1-2,5,7,10-11H,3-4,6,8-9H2,(H,16,17,19). The number of hydrogen-bond acceptors (Lipinski definition) is 5. The van der Waals surface area contributed by atoms with Crippen LogP contribution in [0.3, 0.4) is 0 Å². The molecule has 0 spiro atoms. The van der Waals surface area contributed by atoms with Gasteiger partial charge in [-0.05, 0) is 17.9 Å². The van der Waals surface area contributed by atoms with Crippen LogP contribution in [0, 0.1) is 5.92 Å². The van der Waals surface area contributed by atoms with Crippen molar-refractivity contribution >= 4 is 17.2 Å². The Morgan fingerprint density at radius 3 is 3.23 bits per heavy atom. The summed E-state index contributed by atoms with van der Waals surface area (Å²) in [5.41, 5.74) is 0.564. The molecule has 6 nitrogen and oxygen atoms in total. The minimum absolute atomic E-state index is 0.0457. The maximum absolute atomic E-state index is 12.5. The number of aromatic amines is 1. The molecule has 2 aromatic rings. The Kier molecular flexibility index (Phi) is 4.65. The molecule has 3 heterocycles. The van der Waals surface area contributed by atoms with Gasteiger partial charge in [-0.25, -0.2) is 4.98 Å². The summed E-state index contributed by atoms with van der Waals surface area (Å²) in [5.74, 6) is 0.185. The molecule has 1 aliphatic rings. The number of rotatable bonds is 3. The summed E-state index contributed by atoms with van der Waals surface area (Å²) in [4.78, 5) is 33.1. The monoisotopic (exact) mass is 319 g/mol. The van der Waals surface area contributed by atoms with Gasteiger partial charge in [0.2, 0.25) is 0 Å². The van der Waals surface area contributed by atoms with Gasteiger partial charge in [-0.1, -0.05) is 6.07 Å². The van der Waals surface area contributed by atoms with Crippen LogP contribution in [-0.2, 0) is 11.2 Å². The van der Waals surface area contributed by atoms with E-state index >= 15 is 0 Å². The molecule has 1 saturated heterocycles. The summed E-state index contributed by atoms with van der Waals surface area (Å²) in [5, 5.41) is 1.90. The van der Waals surface area contributed by atoms with E-state index in [1.807, 2.05) is 22.4 Å². The number of H-pyrrole nitrogens is 1. The van der Waals surface area contributed by atoms with Gasteiger partial charge in [0.25, 0.3) is 11.5 Å². The quantitative estimate of drug-likeness (QED) is 0.921. The van der Waals surface area contributed by atoms with Crippen LogP contribution in [0.15, 0.2) is 34.7 Å². The maximum atomic E-state index is 12.5. The predicted octanol–water partition coefficient (Wildman–Crippen LogP) is 1.16. The third-order valence-electron chi connectivity index (χ3n) is 3.59. The van der Waals surface area contributed by atoms with E-state index in [1.165, 1.54) is 23.7 Å². The first-order valence-corrected chi connectivity index (χ1v) is 8.04. The van der Waals surface area contributed by atoms with Gasteiger partial charge in [-0.3, -0.25) is 9.59 Å². The number of nitrogens with zero attached hydrogens (tertiary/aromatic N) is 2. The number of thiophene rings is 1. The molecule has 0 aromatic carbocycles. The van der Waals surface area contributed by atoms with Crippen molar-refractivity contribution in [2.45, 2.75) is 6.42 Å². The fourth-order valence-corrected chi connectivity index (χ4v) is 3.25. The first kappa shape index (κ1) is 14.9. The van der Waals surface area contributed by atoms with Crippen molar-refractivity contribution in [2.75, 3.05) is 26.3 Å². The Morgan fingerprint density at radius 1 is 1.55 bits per heavy atom. The van der Waals surface area contributed by atoms with Crippen LogP contribution in [0.25, 0.3) is 0 Å². The van der Waals surface area contributed by atoms with E-state index in [9.17, 15) is 9.59 Å².